The Morgan fingerprint density at radius 3 is 2.87 bits per heavy atom. The van der Waals surface area contributed by atoms with Gasteiger partial charge >= 0.3 is 0 Å². The fourth-order valence-electron chi connectivity index (χ4n) is 2.75. The number of aryl methyl sites for hydroxylation is 2. The Bertz CT molecular complexity index is 901. The third-order valence-electron chi connectivity index (χ3n) is 4.06. The Balaban J connectivity index is 2.05. The summed E-state index contributed by atoms with van der Waals surface area (Å²) in [7, 11) is 4.04. The third kappa shape index (κ3) is 2.77. The van der Waals surface area contributed by atoms with Crippen LogP contribution in [0.25, 0.3) is 17.1 Å². The van der Waals surface area contributed by atoms with Gasteiger partial charge in [0.25, 0.3) is 0 Å². The molecule has 3 rings (SSSR count). The average Bonchev–Trinajstić information content (AvgIpc) is 2.95. The first-order chi connectivity index (χ1) is 11.1. The summed E-state index contributed by atoms with van der Waals surface area (Å²) in [5, 5.41) is 0. The van der Waals surface area contributed by atoms with Crippen LogP contribution in [0.4, 0.5) is 11.5 Å². The van der Waals surface area contributed by atoms with Crippen LogP contribution in [0.5, 0.6) is 0 Å². The van der Waals surface area contributed by atoms with Gasteiger partial charge in [-0.1, -0.05) is 19.6 Å². The molecule has 2 aromatic heterocycles. The number of hydrogen-bond acceptors (Lipinski definition) is 3. The van der Waals surface area contributed by atoms with Crippen LogP contribution < -0.4 is 4.90 Å². The summed E-state index contributed by atoms with van der Waals surface area (Å²) in [6, 6.07) is 8.44. The van der Waals surface area contributed by atoms with Crippen LogP contribution in [0, 0.1) is 0 Å². The van der Waals surface area contributed by atoms with E-state index in [9.17, 15) is 0 Å². The van der Waals surface area contributed by atoms with Crippen molar-refractivity contribution in [1.29, 1.82) is 0 Å². The van der Waals surface area contributed by atoms with E-state index < -0.39 is 0 Å². The Labute approximate surface area is 136 Å². The van der Waals surface area contributed by atoms with E-state index in [1.54, 1.807) is 0 Å². The molecule has 23 heavy (non-hydrogen) atoms. The number of fused-ring (bicyclic) bond motifs is 1. The smallest absolute Gasteiger partial charge is 0.134 e. The number of aromatic nitrogens is 3. The maximum Gasteiger partial charge on any atom is 0.134 e. The predicted octanol–water partition coefficient (Wildman–Crippen LogP) is 4.10. The molecule has 0 fully saturated rings. The molecular formula is C19H20N4. The van der Waals surface area contributed by atoms with Gasteiger partial charge in [-0.05, 0) is 35.8 Å². The number of hydrogen-bond donors (Lipinski definition) is 0. The second kappa shape index (κ2) is 6.11. The predicted molar refractivity (Wildman–Crippen MR) is 96.0 cm³/mol. The van der Waals surface area contributed by atoms with Crippen molar-refractivity contribution in [3.05, 3.63) is 60.2 Å². The topological polar surface area (TPSA) is 34.0 Å². The summed E-state index contributed by atoms with van der Waals surface area (Å²) < 4.78 is 2.01. The first kappa shape index (κ1) is 15.1. The average molecular weight is 304 g/mol. The van der Waals surface area contributed by atoms with Crippen molar-refractivity contribution in [2.75, 3.05) is 11.9 Å². The fraction of sp³-hybridized carbons (Fsp3) is 0.211. The van der Waals surface area contributed by atoms with Gasteiger partial charge in [-0.25, -0.2) is 9.97 Å². The summed E-state index contributed by atoms with van der Waals surface area (Å²) in [4.78, 5) is 11.0. The van der Waals surface area contributed by atoms with Crippen molar-refractivity contribution in [2.24, 2.45) is 7.05 Å². The number of anilines is 2. The van der Waals surface area contributed by atoms with Crippen molar-refractivity contribution in [3.63, 3.8) is 0 Å². The van der Waals surface area contributed by atoms with Crippen molar-refractivity contribution >= 4 is 28.6 Å². The van der Waals surface area contributed by atoms with E-state index in [0.717, 1.165) is 34.5 Å². The maximum absolute atomic E-state index is 4.55. The van der Waals surface area contributed by atoms with Crippen LogP contribution in [0.2, 0.25) is 0 Å². The molecule has 116 valence electrons. The first-order valence-corrected chi connectivity index (χ1v) is 7.63. The van der Waals surface area contributed by atoms with E-state index in [1.807, 2.05) is 37.3 Å². The normalized spacial score (nSPS) is 10.6. The minimum atomic E-state index is 0.905. The fourth-order valence-corrected chi connectivity index (χ4v) is 2.75. The van der Waals surface area contributed by atoms with E-state index in [-0.39, 0.29) is 0 Å². The van der Waals surface area contributed by atoms with Crippen LogP contribution in [0.1, 0.15) is 18.1 Å². The molecule has 0 saturated heterocycles. The highest BCUT2D eigenvalue weighted by molar-refractivity contribution is 5.79. The Morgan fingerprint density at radius 1 is 1.30 bits per heavy atom. The number of pyridine rings is 1. The van der Waals surface area contributed by atoms with Gasteiger partial charge in [-0.3, -0.25) is 0 Å². The van der Waals surface area contributed by atoms with Crippen molar-refractivity contribution in [2.45, 2.75) is 13.3 Å². The quantitative estimate of drug-likeness (QED) is 0.681. The van der Waals surface area contributed by atoms with Crippen molar-refractivity contribution < 1.29 is 0 Å². The van der Waals surface area contributed by atoms with E-state index in [0.29, 0.717) is 0 Å². The van der Waals surface area contributed by atoms with Gasteiger partial charge in [-0.2, -0.15) is 0 Å². The summed E-state index contributed by atoms with van der Waals surface area (Å²) >= 11 is 0. The van der Waals surface area contributed by atoms with Gasteiger partial charge in [0.1, 0.15) is 11.3 Å². The molecule has 0 spiro atoms. The molecule has 0 saturated carbocycles. The molecule has 0 bridgehead atoms. The van der Waals surface area contributed by atoms with E-state index in [1.165, 1.54) is 5.56 Å². The molecule has 2 heterocycles. The maximum atomic E-state index is 4.55. The van der Waals surface area contributed by atoms with Crippen molar-refractivity contribution in [3.8, 4) is 0 Å². The van der Waals surface area contributed by atoms with Crippen LogP contribution in [0.3, 0.4) is 0 Å². The highest BCUT2D eigenvalue weighted by atomic mass is 15.2. The zero-order chi connectivity index (χ0) is 16.4. The van der Waals surface area contributed by atoms with Gasteiger partial charge < -0.3 is 9.47 Å². The van der Waals surface area contributed by atoms with Crippen molar-refractivity contribution in [1.82, 2.24) is 14.5 Å². The molecule has 0 aliphatic carbocycles. The number of imidazole rings is 1. The highest BCUT2D eigenvalue weighted by Crippen LogP contribution is 2.29. The Kier molecular flexibility index (Phi) is 4.00. The summed E-state index contributed by atoms with van der Waals surface area (Å²) in [6.45, 7) is 5.80. The lowest BCUT2D eigenvalue weighted by atomic mass is 10.1. The minimum Gasteiger partial charge on any atom is -0.334 e. The van der Waals surface area contributed by atoms with Gasteiger partial charge in [0.05, 0.1) is 18.0 Å². The van der Waals surface area contributed by atoms with E-state index in [2.05, 4.69) is 58.4 Å². The van der Waals surface area contributed by atoms with Crippen LogP contribution in [0.15, 0.2) is 49.1 Å². The lowest BCUT2D eigenvalue weighted by Gasteiger charge is -2.22. The molecule has 0 radical (unpaired) electrons. The largest absolute Gasteiger partial charge is 0.334 e. The third-order valence-corrected chi connectivity index (χ3v) is 4.06. The molecule has 4 heteroatoms. The molecule has 0 aliphatic heterocycles. The monoisotopic (exact) mass is 304 g/mol. The standard InChI is InChI=1S/C19H20N4/c1-5-7-14-8-9-17(15(6-2)10-14)23(4)19-11-18-16(12-20-19)21-13-22(18)3/h7-13H,1,6H2,2-4H3. The summed E-state index contributed by atoms with van der Waals surface area (Å²) in [5.41, 5.74) is 8.35. The second-order valence-corrected chi connectivity index (χ2v) is 5.54. The van der Waals surface area contributed by atoms with Gasteiger partial charge in [0.2, 0.25) is 0 Å². The minimum absolute atomic E-state index is 0.905. The lowest BCUT2D eigenvalue weighted by Crippen LogP contribution is -2.13. The number of rotatable bonds is 4. The van der Waals surface area contributed by atoms with Gasteiger partial charge in [0.15, 0.2) is 0 Å². The summed E-state index contributed by atoms with van der Waals surface area (Å²) in [5.74, 6) is 0.905. The van der Waals surface area contributed by atoms with Crippen LogP contribution >= 0.6 is 0 Å². The molecule has 0 amide bonds. The molecule has 0 atom stereocenters. The second-order valence-electron chi connectivity index (χ2n) is 5.54. The first-order valence-electron chi connectivity index (χ1n) is 7.63. The molecule has 4 nitrogen and oxygen atoms in total. The van der Waals surface area contributed by atoms with Crippen LogP contribution in [-0.4, -0.2) is 21.6 Å². The molecule has 0 unspecified atom stereocenters. The molecule has 3 aromatic rings. The SMILES string of the molecule is C=C=Cc1ccc(N(C)c2cc3c(cn2)ncn3C)c(CC)c1. The number of nitrogens with zero attached hydrogens (tertiary/aromatic N) is 4. The van der Waals surface area contributed by atoms with Gasteiger partial charge in [0, 0.05) is 25.8 Å². The zero-order valence-corrected chi connectivity index (χ0v) is 13.7. The van der Waals surface area contributed by atoms with E-state index in [4.69, 9.17) is 0 Å². The molecule has 0 aliphatic rings. The highest BCUT2D eigenvalue weighted by Gasteiger charge is 2.12. The lowest BCUT2D eigenvalue weighted by molar-refractivity contribution is 0.946. The Hall–Kier alpha value is -2.84. The zero-order valence-electron chi connectivity index (χ0n) is 13.7. The number of benzene rings is 1. The van der Waals surface area contributed by atoms with E-state index >= 15 is 0 Å². The molecule has 1 aromatic carbocycles. The van der Waals surface area contributed by atoms with Crippen LogP contribution in [-0.2, 0) is 13.5 Å². The summed E-state index contributed by atoms with van der Waals surface area (Å²) in [6.07, 6.45) is 6.47. The molecular weight excluding hydrogens is 284 g/mol. The molecule has 0 N–H and O–H groups in total. The van der Waals surface area contributed by atoms with Gasteiger partial charge in [-0.15, -0.1) is 5.73 Å². The Morgan fingerprint density at radius 2 is 2.13 bits per heavy atom.